The van der Waals surface area contributed by atoms with Gasteiger partial charge in [0.05, 0.1) is 10.9 Å². The molecule has 5 aromatic rings. The maximum absolute atomic E-state index is 13.5. The third kappa shape index (κ3) is 3.41. The zero-order chi connectivity index (χ0) is 21.5. The highest BCUT2D eigenvalue weighted by Gasteiger charge is 2.19. The van der Waals surface area contributed by atoms with Gasteiger partial charge < -0.3 is 4.52 Å². The molecular formula is C24H17ClN4O2. The first-order valence-electron chi connectivity index (χ1n) is 9.71. The lowest BCUT2D eigenvalue weighted by Crippen LogP contribution is -2.23. The molecule has 0 fully saturated rings. The highest BCUT2D eigenvalue weighted by atomic mass is 35.5. The van der Waals surface area contributed by atoms with Crippen LogP contribution in [0.25, 0.3) is 39.8 Å². The van der Waals surface area contributed by atoms with Crippen molar-refractivity contribution in [3.05, 3.63) is 92.8 Å². The average molecular weight is 429 g/mol. The first kappa shape index (κ1) is 19.2. The van der Waals surface area contributed by atoms with Gasteiger partial charge in [-0.3, -0.25) is 9.36 Å². The monoisotopic (exact) mass is 428 g/mol. The summed E-state index contributed by atoms with van der Waals surface area (Å²) in [6.07, 6.45) is 3.72. The van der Waals surface area contributed by atoms with E-state index in [1.54, 1.807) is 38.1 Å². The van der Waals surface area contributed by atoms with Gasteiger partial charge in [0.1, 0.15) is 17.2 Å². The van der Waals surface area contributed by atoms with Crippen molar-refractivity contribution < 1.29 is 4.52 Å². The van der Waals surface area contributed by atoms with Crippen LogP contribution in [0.5, 0.6) is 0 Å². The number of aryl methyl sites for hydroxylation is 2. The Hall–Kier alpha value is -3.77. The molecule has 0 amide bonds. The van der Waals surface area contributed by atoms with Crippen molar-refractivity contribution in [1.82, 2.24) is 19.7 Å². The van der Waals surface area contributed by atoms with E-state index in [1.807, 2.05) is 42.5 Å². The molecule has 0 saturated carbocycles. The molecule has 2 aromatic carbocycles. The number of pyridine rings is 1. The normalized spacial score (nSPS) is 11.7. The summed E-state index contributed by atoms with van der Waals surface area (Å²) >= 11 is 6.12. The maximum atomic E-state index is 13.5. The van der Waals surface area contributed by atoms with E-state index in [9.17, 15) is 4.79 Å². The molecule has 0 N–H and O–H groups in total. The Labute approximate surface area is 182 Å². The van der Waals surface area contributed by atoms with Gasteiger partial charge in [-0.15, -0.1) is 0 Å². The van der Waals surface area contributed by atoms with Gasteiger partial charge in [-0.2, -0.15) is 0 Å². The minimum Gasteiger partial charge on any atom is -0.354 e. The Morgan fingerprint density at radius 3 is 2.61 bits per heavy atom. The van der Waals surface area contributed by atoms with Crippen LogP contribution in [-0.2, 0) is 0 Å². The number of aromatic nitrogens is 4. The number of hydrogen-bond acceptors (Lipinski definition) is 5. The van der Waals surface area contributed by atoms with Crippen LogP contribution in [-0.4, -0.2) is 19.7 Å². The van der Waals surface area contributed by atoms with E-state index in [0.29, 0.717) is 39.0 Å². The van der Waals surface area contributed by atoms with Crippen LogP contribution < -0.4 is 5.56 Å². The van der Waals surface area contributed by atoms with Gasteiger partial charge in [0.15, 0.2) is 11.4 Å². The molecule has 3 heterocycles. The molecule has 0 radical (unpaired) electrons. The van der Waals surface area contributed by atoms with Crippen molar-refractivity contribution in [2.45, 2.75) is 13.8 Å². The minimum absolute atomic E-state index is 0.238. The van der Waals surface area contributed by atoms with Crippen LogP contribution in [0.15, 0.2) is 63.9 Å². The van der Waals surface area contributed by atoms with E-state index >= 15 is 0 Å². The van der Waals surface area contributed by atoms with Gasteiger partial charge in [0, 0.05) is 10.4 Å². The Bertz CT molecular complexity index is 1530. The van der Waals surface area contributed by atoms with Crippen molar-refractivity contribution in [2.24, 2.45) is 0 Å². The second kappa shape index (κ2) is 7.49. The third-order valence-corrected chi connectivity index (χ3v) is 5.32. The average Bonchev–Trinajstić information content (AvgIpc) is 3.12. The molecule has 0 unspecified atom stereocenters. The molecule has 0 aliphatic heterocycles. The fraction of sp³-hybridized carbons (Fsp3) is 0.0833. The number of nitrogens with zero attached hydrogens (tertiary/aromatic N) is 4. The Morgan fingerprint density at radius 2 is 1.81 bits per heavy atom. The highest BCUT2D eigenvalue weighted by Crippen LogP contribution is 2.24. The summed E-state index contributed by atoms with van der Waals surface area (Å²) in [5, 5.41) is 5.84. The van der Waals surface area contributed by atoms with Crippen LogP contribution in [0.1, 0.15) is 22.8 Å². The molecule has 0 atom stereocenters. The molecule has 0 bridgehead atoms. The van der Waals surface area contributed by atoms with Crippen molar-refractivity contribution in [2.75, 3.05) is 0 Å². The number of fused-ring (bicyclic) bond motifs is 2. The van der Waals surface area contributed by atoms with E-state index in [1.165, 1.54) is 4.57 Å². The molecule has 6 nitrogen and oxygen atoms in total. The molecule has 5 rings (SSSR count). The largest absolute Gasteiger partial charge is 0.354 e. The lowest BCUT2D eigenvalue weighted by Gasteiger charge is -2.10. The molecule has 0 aliphatic rings. The fourth-order valence-corrected chi connectivity index (χ4v) is 3.79. The summed E-state index contributed by atoms with van der Waals surface area (Å²) in [7, 11) is 0. The molecule has 152 valence electrons. The van der Waals surface area contributed by atoms with Gasteiger partial charge in [-0.1, -0.05) is 53.2 Å². The van der Waals surface area contributed by atoms with Crippen LogP contribution in [0.3, 0.4) is 0 Å². The summed E-state index contributed by atoms with van der Waals surface area (Å²) in [4.78, 5) is 22.6. The van der Waals surface area contributed by atoms with Crippen molar-refractivity contribution >= 4 is 45.7 Å². The topological polar surface area (TPSA) is 73.8 Å². The lowest BCUT2D eigenvalue weighted by molar-refractivity contribution is 0.408. The summed E-state index contributed by atoms with van der Waals surface area (Å²) in [6.45, 7) is 3.57. The van der Waals surface area contributed by atoms with Crippen molar-refractivity contribution in [3.63, 3.8) is 0 Å². The second-order valence-electron chi connectivity index (χ2n) is 7.22. The van der Waals surface area contributed by atoms with Crippen LogP contribution in [0, 0.1) is 13.8 Å². The van der Waals surface area contributed by atoms with Crippen molar-refractivity contribution in [1.29, 1.82) is 0 Å². The van der Waals surface area contributed by atoms with Gasteiger partial charge in [0.25, 0.3) is 5.56 Å². The summed E-state index contributed by atoms with van der Waals surface area (Å²) in [5.41, 5.74) is 3.05. The van der Waals surface area contributed by atoms with Crippen molar-refractivity contribution in [3.8, 4) is 5.69 Å². The molecule has 31 heavy (non-hydrogen) atoms. The van der Waals surface area contributed by atoms with E-state index in [0.717, 1.165) is 16.5 Å². The Balaban J connectivity index is 1.72. The van der Waals surface area contributed by atoms with Gasteiger partial charge >= 0.3 is 0 Å². The summed E-state index contributed by atoms with van der Waals surface area (Å²) in [5.74, 6) is 0.975. The number of hydrogen-bond donors (Lipinski definition) is 0. The first-order valence-corrected chi connectivity index (χ1v) is 10.1. The predicted octanol–water partition coefficient (Wildman–Crippen LogP) is 5.36. The number of rotatable bonds is 3. The van der Waals surface area contributed by atoms with E-state index in [2.05, 4.69) is 15.1 Å². The smallest absolute Gasteiger partial charge is 0.267 e. The molecule has 7 heteroatoms. The van der Waals surface area contributed by atoms with Gasteiger partial charge in [0.2, 0.25) is 0 Å². The van der Waals surface area contributed by atoms with Crippen LogP contribution in [0.2, 0.25) is 5.02 Å². The fourth-order valence-electron chi connectivity index (χ4n) is 3.61. The Morgan fingerprint density at radius 1 is 1.00 bits per heavy atom. The SMILES string of the molecule is Cc1noc(/C=C/c2ccccc2)c1-n1c(C)nc2nc3ccc(Cl)cc3cc2c1=O. The zero-order valence-electron chi connectivity index (χ0n) is 16.8. The van der Waals surface area contributed by atoms with E-state index in [4.69, 9.17) is 16.1 Å². The maximum Gasteiger partial charge on any atom is 0.267 e. The molecule has 0 spiro atoms. The predicted molar refractivity (Wildman–Crippen MR) is 123 cm³/mol. The molecule has 0 aliphatic carbocycles. The third-order valence-electron chi connectivity index (χ3n) is 5.09. The zero-order valence-corrected chi connectivity index (χ0v) is 17.6. The van der Waals surface area contributed by atoms with E-state index < -0.39 is 0 Å². The first-order chi connectivity index (χ1) is 15.0. The standard InChI is InChI=1S/C24H17ClN4O2/c1-14-22(21(31-28-14)11-8-16-6-4-3-5-7-16)29-15(2)26-23-19(24(29)30)13-17-12-18(25)9-10-20(17)27-23/h3-13H,1-2H3/b11-8+. The van der Waals surface area contributed by atoms with Crippen LogP contribution >= 0.6 is 11.6 Å². The van der Waals surface area contributed by atoms with Gasteiger partial charge in [-0.05, 0) is 49.8 Å². The minimum atomic E-state index is -0.238. The number of benzene rings is 2. The molecular weight excluding hydrogens is 412 g/mol. The second-order valence-corrected chi connectivity index (χ2v) is 7.66. The summed E-state index contributed by atoms with van der Waals surface area (Å²) < 4.78 is 7.05. The highest BCUT2D eigenvalue weighted by molar-refractivity contribution is 6.31. The van der Waals surface area contributed by atoms with Crippen LogP contribution in [0.4, 0.5) is 0 Å². The number of halogens is 1. The molecule has 0 saturated heterocycles. The lowest BCUT2D eigenvalue weighted by atomic mass is 10.1. The quantitative estimate of drug-likeness (QED) is 0.361. The van der Waals surface area contributed by atoms with E-state index in [-0.39, 0.29) is 5.56 Å². The molecule has 3 aromatic heterocycles. The summed E-state index contributed by atoms with van der Waals surface area (Å²) in [6, 6.07) is 17.0. The Kier molecular flexibility index (Phi) is 4.64. The van der Waals surface area contributed by atoms with Gasteiger partial charge in [-0.25, -0.2) is 9.97 Å².